The highest BCUT2D eigenvalue weighted by atomic mass is 35.5. The fraction of sp³-hybridized carbons (Fsp3) is 0.381. The number of aromatic carboxylic acids is 1. The summed E-state index contributed by atoms with van der Waals surface area (Å²) in [5.41, 5.74) is 12.0. The van der Waals surface area contributed by atoms with Crippen molar-refractivity contribution in [3.8, 4) is 0 Å². The van der Waals surface area contributed by atoms with E-state index in [-0.39, 0.29) is 16.6 Å². The van der Waals surface area contributed by atoms with Crippen LogP contribution in [0.2, 0.25) is 5.02 Å². The van der Waals surface area contributed by atoms with Crippen molar-refractivity contribution >= 4 is 28.6 Å². The standard InChI is InChI=1S/C21H22ClN7O2/c1-13-18-19(22)17(21(30)31)11-24-20(18)29(26-13)16-6-8-28(9-7-16)12-15-4-2-14(3-5-15)10-25-27-23/h2-5,11,16H,6-10,12H2,1H3,(H,30,31). The average Bonchev–Trinajstić information content (AvgIpc) is 3.11. The van der Waals surface area contributed by atoms with E-state index in [2.05, 4.69) is 37.1 Å². The van der Waals surface area contributed by atoms with Crippen LogP contribution in [0.25, 0.3) is 21.5 Å². The van der Waals surface area contributed by atoms with Gasteiger partial charge in [0.2, 0.25) is 0 Å². The van der Waals surface area contributed by atoms with Gasteiger partial charge in [-0.25, -0.2) is 14.5 Å². The summed E-state index contributed by atoms with van der Waals surface area (Å²) in [6, 6.07) is 8.33. The number of nitrogens with zero attached hydrogens (tertiary/aromatic N) is 7. The fourth-order valence-electron chi connectivity index (χ4n) is 4.08. The Morgan fingerprint density at radius 3 is 2.61 bits per heavy atom. The van der Waals surface area contributed by atoms with E-state index in [9.17, 15) is 9.90 Å². The van der Waals surface area contributed by atoms with Gasteiger partial charge in [-0.1, -0.05) is 41.0 Å². The first-order valence-corrected chi connectivity index (χ1v) is 10.4. The number of piperidine rings is 1. The van der Waals surface area contributed by atoms with Crippen LogP contribution in [0.4, 0.5) is 0 Å². The number of hydrogen-bond acceptors (Lipinski definition) is 5. The lowest BCUT2D eigenvalue weighted by atomic mass is 10.0. The van der Waals surface area contributed by atoms with Crippen molar-refractivity contribution in [2.45, 2.75) is 38.9 Å². The minimum absolute atomic E-state index is 0.00270. The number of carboxylic acids is 1. The predicted molar refractivity (Wildman–Crippen MR) is 117 cm³/mol. The monoisotopic (exact) mass is 439 g/mol. The normalized spacial score (nSPS) is 15.2. The molecule has 1 N–H and O–H groups in total. The zero-order chi connectivity index (χ0) is 22.0. The smallest absolute Gasteiger partial charge is 0.338 e. The van der Waals surface area contributed by atoms with E-state index >= 15 is 0 Å². The molecular formula is C21H22ClN7O2. The van der Waals surface area contributed by atoms with Crippen LogP contribution < -0.4 is 0 Å². The molecule has 3 heterocycles. The molecule has 1 aliphatic heterocycles. The van der Waals surface area contributed by atoms with E-state index in [1.54, 1.807) is 0 Å². The van der Waals surface area contributed by atoms with Crippen molar-refractivity contribution in [1.82, 2.24) is 19.7 Å². The number of benzene rings is 1. The molecule has 160 valence electrons. The molecule has 31 heavy (non-hydrogen) atoms. The third-order valence-corrected chi connectivity index (χ3v) is 6.10. The Balaban J connectivity index is 1.44. The Bertz CT molecular complexity index is 1160. The molecule has 1 aliphatic rings. The van der Waals surface area contributed by atoms with Crippen molar-refractivity contribution in [3.05, 3.63) is 68.3 Å². The quantitative estimate of drug-likeness (QED) is 0.338. The van der Waals surface area contributed by atoms with Gasteiger partial charge in [-0.3, -0.25) is 4.90 Å². The Kier molecular flexibility index (Phi) is 6.08. The average molecular weight is 440 g/mol. The lowest BCUT2D eigenvalue weighted by Crippen LogP contribution is -2.34. The lowest BCUT2D eigenvalue weighted by molar-refractivity contribution is 0.0697. The first-order chi connectivity index (χ1) is 15.0. The van der Waals surface area contributed by atoms with E-state index < -0.39 is 5.97 Å². The maximum absolute atomic E-state index is 11.4. The number of rotatable bonds is 6. The minimum atomic E-state index is -1.09. The summed E-state index contributed by atoms with van der Waals surface area (Å²) in [4.78, 5) is 20.9. The maximum atomic E-state index is 11.4. The van der Waals surface area contributed by atoms with Crippen LogP contribution in [0.3, 0.4) is 0 Å². The van der Waals surface area contributed by atoms with Gasteiger partial charge in [-0.15, -0.1) is 0 Å². The fourth-order valence-corrected chi connectivity index (χ4v) is 4.43. The Morgan fingerprint density at radius 2 is 1.97 bits per heavy atom. The van der Waals surface area contributed by atoms with Gasteiger partial charge in [0.05, 0.1) is 34.3 Å². The van der Waals surface area contributed by atoms with Gasteiger partial charge in [0.1, 0.15) is 0 Å². The molecule has 0 saturated carbocycles. The summed E-state index contributed by atoms with van der Waals surface area (Å²) in [5.74, 6) is -1.09. The van der Waals surface area contributed by atoms with Gasteiger partial charge < -0.3 is 5.11 Å². The van der Waals surface area contributed by atoms with Crippen LogP contribution >= 0.6 is 11.6 Å². The molecule has 0 radical (unpaired) electrons. The Hall–Kier alpha value is -3.13. The van der Waals surface area contributed by atoms with Gasteiger partial charge in [-0.05, 0) is 36.4 Å². The van der Waals surface area contributed by atoms with E-state index in [4.69, 9.17) is 17.1 Å². The second kappa shape index (κ2) is 8.93. The van der Waals surface area contributed by atoms with Crippen LogP contribution in [0.15, 0.2) is 35.6 Å². The molecule has 0 aliphatic carbocycles. The lowest BCUT2D eigenvalue weighted by Gasteiger charge is -2.32. The third-order valence-electron chi connectivity index (χ3n) is 5.71. The van der Waals surface area contributed by atoms with Crippen molar-refractivity contribution in [1.29, 1.82) is 0 Å². The summed E-state index contributed by atoms with van der Waals surface area (Å²) in [5, 5.41) is 18.3. The molecule has 0 spiro atoms. The minimum Gasteiger partial charge on any atom is -0.478 e. The van der Waals surface area contributed by atoms with Gasteiger partial charge in [0.15, 0.2) is 5.65 Å². The van der Waals surface area contributed by atoms with Gasteiger partial charge in [0, 0.05) is 30.7 Å². The number of aryl methyl sites for hydroxylation is 1. The number of hydrogen-bond donors (Lipinski definition) is 1. The molecule has 0 atom stereocenters. The molecule has 1 fully saturated rings. The summed E-state index contributed by atoms with van der Waals surface area (Å²) in [6.45, 7) is 4.91. The zero-order valence-corrected chi connectivity index (χ0v) is 17.8. The van der Waals surface area contributed by atoms with Crippen molar-refractivity contribution in [2.24, 2.45) is 5.11 Å². The highest BCUT2D eigenvalue weighted by molar-refractivity contribution is 6.38. The number of aromatic nitrogens is 3. The van der Waals surface area contributed by atoms with Crippen LogP contribution in [0.5, 0.6) is 0 Å². The van der Waals surface area contributed by atoms with E-state index in [0.29, 0.717) is 23.3 Å². The van der Waals surface area contributed by atoms with Crippen LogP contribution in [-0.4, -0.2) is 43.8 Å². The number of likely N-dealkylation sites (tertiary alicyclic amines) is 1. The number of carbonyl (C=O) groups is 1. The molecule has 1 saturated heterocycles. The second-order valence-electron chi connectivity index (χ2n) is 7.73. The summed E-state index contributed by atoms with van der Waals surface area (Å²) < 4.78 is 1.91. The van der Waals surface area contributed by atoms with E-state index in [1.807, 2.05) is 23.7 Å². The van der Waals surface area contributed by atoms with Crippen LogP contribution in [-0.2, 0) is 13.1 Å². The molecular weight excluding hydrogens is 418 g/mol. The summed E-state index contributed by atoms with van der Waals surface area (Å²) in [7, 11) is 0. The molecule has 4 rings (SSSR count). The first kappa shape index (κ1) is 21.1. The van der Waals surface area contributed by atoms with Gasteiger partial charge in [0.25, 0.3) is 0 Å². The third kappa shape index (κ3) is 4.34. The second-order valence-corrected chi connectivity index (χ2v) is 8.11. The SMILES string of the molecule is Cc1nn(C2CCN(Cc3ccc(CN=[N+]=[N-])cc3)CC2)c2ncc(C(=O)O)c(Cl)c12. The summed E-state index contributed by atoms with van der Waals surface area (Å²) >= 11 is 6.34. The van der Waals surface area contributed by atoms with Gasteiger partial charge >= 0.3 is 5.97 Å². The molecule has 0 bridgehead atoms. The number of azide groups is 1. The Morgan fingerprint density at radius 1 is 1.29 bits per heavy atom. The Labute approximate surface area is 183 Å². The highest BCUT2D eigenvalue weighted by Gasteiger charge is 2.26. The van der Waals surface area contributed by atoms with Crippen LogP contribution in [0, 0.1) is 6.92 Å². The molecule has 2 aromatic heterocycles. The summed E-state index contributed by atoms with van der Waals surface area (Å²) in [6.07, 6.45) is 3.15. The molecule has 1 aromatic carbocycles. The van der Waals surface area contributed by atoms with Gasteiger partial charge in [-0.2, -0.15) is 5.10 Å². The maximum Gasteiger partial charge on any atom is 0.338 e. The highest BCUT2D eigenvalue weighted by Crippen LogP contribution is 2.32. The molecule has 3 aromatic rings. The van der Waals surface area contributed by atoms with Crippen molar-refractivity contribution in [3.63, 3.8) is 0 Å². The first-order valence-electron chi connectivity index (χ1n) is 10.1. The molecule has 0 unspecified atom stereocenters. The number of fused-ring (bicyclic) bond motifs is 1. The zero-order valence-electron chi connectivity index (χ0n) is 17.1. The molecule has 9 nitrogen and oxygen atoms in total. The molecule has 10 heteroatoms. The number of pyridine rings is 1. The predicted octanol–water partition coefficient (Wildman–Crippen LogP) is 4.74. The van der Waals surface area contributed by atoms with Crippen molar-refractivity contribution in [2.75, 3.05) is 13.1 Å². The number of carboxylic acid groups (broad SMARTS) is 1. The largest absolute Gasteiger partial charge is 0.478 e. The molecule has 0 amide bonds. The van der Waals surface area contributed by atoms with Crippen LogP contribution in [0.1, 0.15) is 46.1 Å². The van der Waals surface area contributed by atoms with Crippen molar-refractivity contribution < 1.29 is 9.90 Å². The number of halogens is 1. The van der Waals surface area contributed by atoms with E-state index in [1.165, 1.54) is 11.8 Å². The topological polar surface area (TPSA) is 120 Å². The van der Waals surface area contributed by atoms with E-state index in [0.717, 1.165) is 38.0 Å².